The van der Waals surface area contributed by atoms with Crippen molar-refractivity contribution in [2.24, 2.45) is 0 Å². The van der Waals surface area contributed by atoms with Gasteiger partial charge in [0, 0.05) is 30.8 Å². The number of nitrogens with zero attached hydrogens (tertiary/aromatic N) is 1. The highest BCUT2D eigenvalue weighted by Gasteiger charge is 2.27. The molecule has 0 amide bonds. The Hall–Kier alpha value is -1.71. The number of aliphatic carboxylic acids is 1. The van der Waals surface area contributed by atoms with E-state index >= 15 is 0 Å². The summed E-state index contributed by atoms with van der Waals surface area (Å²) in [5, 5.41) is 18.7. The van der Waals surface area contributed by atoms with Crippen molar-refractivity contribution in [2.45, 2.75) is 25.7 Å². The summed E-state index contributed by atoms with van der Waals surface area (Å²) >= 11 is 0. The van der Waals surface area contributed by atoms with Crippen molar-refractivity contribution in [2.75, 3.05) is 19.0 Å². The van der Waals surface area contributed by atoms with E-state index < -0.39 is 11.4 Å². The SMILES string of the molecule is CN(C)c1ccc(O)c(C(C)(C)CC(=O)O)c1. The largest absolute Gasteiger partial charge is 0.508 e. The number of aromatic hydroxyl groups is 1. The maximum Gasteiger partial charge on any atom is 0.304 e. The van der Waals surface area contributed by atoms with Crippen LogP contribution >= 0.6 is 0 Å². The number of rotatable bonds is 4. The predicted octanol–water partition coefficient (Wildman–Crippen LogP) is 2.21. The molecule has 0 aliphatic carbocycles. The molecular weight excluding hydrogens is 218 g/mol. The smallest absolute Gasteiger partial charge is 0.304 e. The molecule has 94 valence electrons. The number of hydrogen-bond donors (Lipinski definition) is 2. The van der Waals surface area contributed by atoms with Gasteiger partial charge < -0.3 is 15.1 Å². The minimum Gasteiger partial charge on any atom is -0.508 e. The summed E-state index contributed by atoms with van der Waals surface area (Å²) in [6.07, 6.45) is -0.0164. The van der Waals surface area contributed by atoms with Gasteiger partial charge in [-0.3, -0.25) is 4.79 Å². The number of carbonyl (C=O) groups is 1. The molecule has 0 unspecified atom stereocenters. The molecule has 0 aliphatic heterocycles. The van der Waals surface area contributed by atoms with Crippen LogP contribution in [0.2, 0.25) is 0 Å². The summed E-state index contributed by atoms with van der Waals surface area (Å²) in [6.45, 7) is 3.63. The monoisotopic (exact) mass is 237 g/mol. The maximum atomic E-state index is 10.8. The van der Waals surface area contributed by atoms with Crippen molar-refractivity contribution in [3.05, 3.63) is 23.8 Å². The number of anilines is 1. The van der Waals surface area contributed by atoms with E-state index in [-0.39, 0.29) is 12.2 Å². The standard InChI is InChI=1S/C13H19NO3/c1-13(2,8-12(16)17)10-7-9(14(3)4)5-6-11(10)15/h5-7,15H,8H2,1-4H3,(H,16,17). The number of hydrogen-bond acceptors (Lipinski definition) is 3. The van der Waals surface area contributed by atoms with Crippen molar-refractivity contribution in [3.8, 4) is 5.75 Å². The summed E-state index contributed by atoms with van der Waals surface area (Å²) in [5.74, 6) is -0.730. The Kier molecular flexibility index (Phi) is 3.66. The Morgan fingerprint density at radius 3 is 2.41 bits per heavy atom. The number of benzene rings is 1. The van der Waals surface area contributed by atoms with Gasteiger partial charge in [0.2, 0.25) is 0 Å². The summed E-state index contributed by atoms with van der Waals surface area (Å²) < 4.78 is 0. The average Bonchev–Trinajstić information content (AvgIpc) is 2.15. The molecule has 1 aromatic carbocycles. The molecule has 4 heteroatoms. The van der Waals surface area contributed by atoms with Crippen LogP contribution in [0.4, 0.5) is 5.69 Å². The van der Waals surface area contributed by atoms with Crippen LogP contribution in [-0.4, -0.2) is 30.3 Å². The Labute approximate surface area is 101 Å². The second kappa shape index (κ2) is 4.65. The molecule has 1 aromatic rings. The van der Waals surface area contributed by atoms with Gasteiger partial charge in [-0.15, -0.1) is 0 Å². The highest BCUT2D eigenvalue weighted by molar-refractivity contribution is 5.69. The van der Waals surface area contributed by atoms with Gasteiger partial charge in [-0.25, -0.2) is 0 Å². The zero-order chi connectivity index (χ0) is 13.2. The molecule has 0 saturated heterocycles. The molecule has 0 heterocycles. The van der Waals surface area contributed by atoms with E-state index in [1.807, 2.05) is 38.9 Å². The minimum absolute atomic E-state index is 0.0164. The second-order valence-electron chi connectivity index (χ2n) is 5.05. The van der Waals surface area contributed by atoms with E-state index in [0.29, 0.717) is 5.56 Å². The molecule has 0 saturated carbocycles. The van der Waals surface area contributed by atoms with Gasteiger partial charge in [0.25, 0.3) is 0 Å². The lowest BCUT2D eigenvalue weighted by atomic mass is 9.81. The Morgan fingerprint density at radius 2 is 1.94 bits per heavy atom. The first-order valence-corrected chi connectivity index (χ1v) is 5.46. The zero-order valence-electron chi connectivity index (χ0n) is 10.7. The van der Waals surface area contributed by atoms with Gasteiger partial charge in [-0.2, -0.15) is 0 Å². The molecule has 0 atom stereocenters. The molecular formula is C13H19NO3. The van der Waals surface area contributed by atoms with Crippen LogP contribution in [0.25, 0.3) is 0 Å². The van der Waals surface area contributed by atoms with Gasteiger partial charge in [-0.1, -0.05) is 13.8 Å². The Balaban J connectivity index is 3.19. The van der Waals surface area contributed by atoms with Gasteiger partial charge in [0.1, 0.15) is 5.75 Å². The molecule has 0 fully saturated rings. The zero-order valence-corrected chi connectivity index (χ0v) is 10.7. The third-order valence-corrected chi connectivity index (χ3v) is 2.82. The molecule has 0 radical (unpaired) electrons. The third kappa shape index (κ3) is 3.12. The van der Waals surface area contributed by atoms with Crippen LogP contribution in [0.5, 0.6) is 5.75 Å². The van der Waals surface area contributed by atoms with E-state index in [1.165, 1.54) is 0 Å². The average molecular weight is 237 g/mol. The van der Waals surface area contributed by atoms with Crippen LogP contribution in [-0.2, 0) is 10.2 Å². The number of carboxylic acid groups (broad SMARTS) is 1. The summed E-state index contributed by atoms with van der Waals surface area (Å²) in [6, 6.07) is 5.24. The minimum atomic E-state index is -0.871. The first-order valence-electron chi connectivity index (χ1n) is 5.46. The fourth-order valence-corrected chi connectivity index (χ4v) is 1.82. The van der Waals surface area contributed by atoms with E-state index in [9.17, 15) is 9.90 Å². The van der Waals surface area contributed by atoms with E-state index in [2.05, 4.69) is 0 Å². The Bertz CT molecular complexity index is 425. The normalized spacial score (nSPS) is 11.3. The number of carboxylic acids is 1. The molecule has 0 spiro atoms. The second-order valence-corrected chi connectivity index (χ2v) is 5.05. The number of phenolic OH excluding ortho intramolecular Hbond substituents is 1. The van der Waals surface area contributed by atoms with Gasteiger partial charge in [-0.05, 0) is 18.2 Å². The topological polar surface area (TPSA) is 60.8 Å². The van der Waals surface area contributed by atoms with Gasteiger partial charge in [0.15, 0.2) is 0 Å². The van der Waals surface area contributed by atoms with E-state index in [4.69, 9.17) is 5.11 Å². The quantitative estimate of drug-likeness (QED) is 0.842. The van der Waals surface area contributed by atoms with Crippen molar-refractivity contribution in [3.63, 3.8) is 0 Å². The first-order chi connectivity index (χ1) is 7.74. The van der Waals surface area contributed by atoms with Crippen LogP contribution in [0, 0.1) is 0 Å². The fourth-order valence-electron chi connectivity index (χ4n) is 1.82. The maximum absolute atomic E-state index is 10.8. The molecule has 1 rings (SSSR count). The molecule has 2 N–H and O–H groups in total. The number of phenols is 1. The highest BCUT2D eigenvalue weighted by Crippen LogP contribution is 2.36. The van der Waals surface area contributed by atoms with Gasteiger partial charge in [0.05, 0.1) is 6.42 Å². The lowest BCUT2D eigenvalue weighted by Crippen LogP contribution is -2.22. The highest BCUT2D eigenvalue weighted by atomic mass is 16.4. The van der Waals surface area contributed by atoms with Crippen LogP contribution in [0.15, 0.2) is 18.2 Å². The summed E-state index contributed by atoms with van der Waals surface area (Å²) in [7, 11) is 3.81. The van der Waals surface area contributed by atoms with Gasteiger partial charge >= 0.3 is 5.97 Å². The molecule has 0 aromatic heterocycles. The lowest BCUT2D eigenvalue weighted by Gasteiger charge is -2.26. The van der Waals surface area contributed by atoms with Crippen LogP contribution in [0.1, 0.15) is 25.8 Å². The van der Waals surface area contributed by atoms with Crippen molar-refractivity contribution >= 4 is 11.7 Å². The third-order valence-electron chi connectivity index (χ3n) is 2.82. The Morgan fingerprint density at radius 1 is 1.35 bits per heavy atom. The van der Waals surface area contributed by atoms with E-state index in [1.54, 1.807) is 12.1 Å². The summed E-state index contributed by atoms with van der Waals surface area (Å²) in [5.41, 5.74) is 1.00. The fraction of sp³-hybridized carbons (Fsp3) is 0.462. The first kappa shape index (κ1) is 13.4. The molecule has 0 aliphatic rings. The molecule has 4 nitrogen and oxygen atoms in total. The van der Waals surface area contributed by atoms with Crippen LogP contribution < -0.4 is 4.90 Å². The van der Waals surface area contributed by atoms with E-state index in [0.717, 1.165) is 5.69 Å². The summed E-state index contributed by atoms with van der Waals surface area (Å²) in [4.78, 5) is 12.7. The predicted molar refractivity (Wildman–Crippen MR) is 67.7 cm³/mol. The van der Waals surface area contributed by atoms with Crippen molar-refractivity contribution in [1.82, 2.24) is 0 Å². The lowest BCUT2D eigenvalue weighted by molar-refractivity contribution is -0.138. The molecule has 0 bridgehead atoms. The molecule has 17 heavy (non-hydrogen) atoms. The van der Waals surface area contributed by atoms with Crippen LogP contribution in [0.3, 0.4) is 0 Å². The van der Waals surface area contributed by atoms with Crippen molar-refractivity contribution < 1.29 is 15.0 Å². The van der Waals surface area contributed by atoms with Crippen molar-refractivity contribution in [1.29, 1.82) is 0 Å².